The number of rotatable bonds is 10. The summed E-state index contributed by atoms with van der Waals surface area (Å²) in [6.45, 7) is 3.09. The molecule has 1 atom stereocenters. The summed E-state index contributed by atoms with van der Waals surface area (Å²) >= 11 is 0. The lowest BCUT2D eigenvalue weighted by atomic mass is 10.0. The van der Waals surface area contributed by atoms with Gasteiger partial charge >= 0.3 is 5.97 Å². The van der Waals surface area contributed by atoms with Crippen LogP contribution in [0.2, 0.25) is 0 Å². The Bertz CT molecular complexity index is 1000. The van der Waals surface area contributed by atoms with Gasteiger partial charge in [0.25, 0.3) is 5.69 Å². The number of sulfonamides is 1. The first-order valence-corrected chi connectivity index (χ1v) is 10.6. The second-order valence-electron chi connectivity index (χ2n) is 6.95. The van der Waals surface area contributed by atoms with Crippen LogP contribution in [0.3, 0.4) is 0 Å². The molecule has 0 bridgehead atoms. The van der Waals surface area contributed by atoms with Crippen molar-refractivity contribution < 1.29 is 27.7 Å². The molecule has 0 saturated heterocycles. The van der Waals surface area contributed by atoms with Gasteiger partial charge in [0, 0.05) is 17.7 Å². The van der Waals surface area contributed by atoms with Gasteiger partial charge in [0.2, 0.25) is 10.0 Å². The van der Waals surface area contributed by atoms with Crippen LogP contribution in [-0.2, 0) is 19.6 Å². The van der Waals surface area contributed by atoms with E-state index in [0.717, 1.165) is 24.3 Å². The van der Waals surface area contributed by atoms with Gasteiger partial charge in [-0.2, -0.15) is 4.72 Å². The number of non-ortho nitro benzene ring substituents is 1. The summed E-state index contributed by atoms with van der Waals surface area (Å²) < 4.78 is 32.5. The third-order valence-corrected chi connectivity index (χ3v) is 5.58. The fourth-order valence-electron chi connectivity index (χ4n) is 2.61. The van der Waals surface area contributed by atoms with E-state index in [0.29, 0.717) is 5.56 Å². The molecule has 10 heteroatoms. The Labute approximate surface area is 174 Å². The van der Waals surface area contributed by atoms with Gasteiger partial charge in [-0.1, -0.05) is 44.2 Å². The van der Waals surface area contributed by atoms with Crippen LogP contribution in [0.25, 0.3) is 0 Å². The number of nitro benzene ring substituents is 1. The van der Waals surface area contributed by atoms with E-state index in [-0.39, 0.29) is 22.9 Å². The average Bonchev–Trinajstić information content (AvgIpc) is 2.71. The molecule has 2 aromatic rings. The molecule has 9 nitrogen and oxygen atoms in total. The van der Waals surface area contributed by atoms with E-state index in [1.807, 2.05) is 0 Å². The fraction of sp³-hybridized carbons (Fsp3) is 0.300. The molecule has 2 rings (SSSR count). The number of carbonyl (C=O) groups is 2. The van der Waals surface area contributed by atoms with E-state index >= 15 is 0 Å². The highest BCUT2D eigenvalue weighted by molar-refractivity contribution is 7.89. The molecule has 0 unspecified atom stereocenters. The Hall–Kier alpha value is -3.11. The summed E-state index contributed by atoms with van der Waals surface area (Å²) in [5, 5.41) is 10.7. The Morgan fingerprint density at radius 3 is 2.20 bits per heavy atom. The minimum atomic E-state index is -4.14. The van der Waals surface area contributed by atoms with Crippen LogP contribution in [0.4, 0.5) is 5.69 Å². The van der Waals surface area contributed by atoms with E-state index in [9.17, 15) is 28.1 Å². The number of nitrogens with one attached hydrogen (secondary N) is 1. The molecule has 0 heterocycles. The lowest BCUT2D eigenvalue weighted by Gasteiger charge is -2.19. The van der Waals surface area contributed by atoms with Crippen LogP contribution >= 0.6 is 0 Å². The van der Waals surface area contributed by atoms with E-state index in [1.165, 1.54) is 0 Å². The Kier molecular flexibility index (Phi) is 7.79. The van der Waals surface area contributed by atoms with Gasteiger partial charge in [-0.15, -0.1) is 0 Å². The number of benzene rings is 2. The molecule has 0 saturated carbocycles. The maximum Gasteiger partial charge on any atom is 0.324 e. The number of esters is 1. The molecular weight excluding hydrogens is 412 g/mol. The van der Waals surface area contributed by atoms with Crippen molar-refractivity contribution in [2.24, 2.45) is 5.92 Å². The number of carbonyl (C=O) groups excluding carboxylic acids is 2. The second kappa shape index (κ2) is 10.1. The van der Waals surface area contributed by atoms with Crippen LogP contribution in [0.1, 0.15) is 30.6 Å². The van der Waals surface area contributed by atoms with Gasteiger partial charge in [0.15, 0.2) is 12.4 Å². The molecule has 160 valence electrons. The first kappa shape index (κ1) is 23.2. The number of hydrogen-bond acceptors (Lipinski definition) is 7. The van der Waals surface area contributed by atoms with Gasteiger partial charge in [-0.05, 0) is 24.5 Å². The first-order chi connectivity index (χ1) is 14.1. The van der Waals surface area contributed by atoms with Crippen LogP contribution in [0.5, 0.6) is 0 Å². The smallest absolute Gasteiger partial charge is 0.324 e. The third-order valence-electron chi connectivity index (χ3n) is 4.09. The number of hydrogen-bond donors (Lipinski definition) is 1. The van der Waals surface area contributed by atoms with Gasteiger partial charge in [-0.3, -0.25) is 19.7 Å². The topological polar surface area (TPSA) is 133 Å². The van der Waals surface area contributed by atoms with Crippen molar-refractivity contribution in [3.63, 3.8) is 0 Å². The largest absolute Gasteiger partial charge is 0.456 e. The number of Topliss-reactive ketones (excluding diaryl/α,β-unsaturated/α-hetero) is 1. The highest BCUT2D eigenvalue weighted by Gasteiger charge is 2.28. The monoisotopic (exact) mass is 434 g/mol. The van der Waals surface area contributed by atoms with Gasteiger partial charge in [0.05, 0.1) is 9.82 Å². The standard InChI is InChI=1S/C20H22N2O7S/c1-14(2)12-18(20(24)29-13-19(23)15-6-4-3-5-7-15)21-30(27,28)17-10-8-16(9-11-17)22(25)26/h3-11,14,18,21H,12-13H2,1-2H3/t18-/m0/s1. The normalized spacial score (nSPS) is 12.4. The predicted molar refractivity (Wildman–Crippen MR) is 108 cm³/mol. The zero-order chi connectivity index (χ0) is 22.3. The molecule has 2 aromatic carbocycles. The lowest BCUT2D eigenvalue weighted by Crippen LogP contribution is -2.43. The van der Waals surface area contributed by atoms with Crippen molar-refractivity contribution in [2.45, 2.75) is 31.2 Å². The molecular formula is C20H22N2O7S. The quantitative estimate of drug-likeness (QED) is 0.263. The summed E-state index contributed by atoms with van der Waals surface area (Å²) in [7, 11) is -4.14. The molecule has 0 fully saturated rings. The first-order valence-electron chi connectivity index (χ1n) is 9.12. The maximum atomic E-state index is 12.6. The SMILES string of the molecule is CC(C)C[C@H](NS(=O)(=O)c1ccc([N+](=O)[O-])cc1)C(=O)OCC(=O)c1ccccc1. The minimum Gasteiger partial charge on any atom is -0.456 e. The molecule has 0 spiro atoms. The highest BCUT2D eigenvalue weighted by atomic mass is 32.2. The van der Waals surface area contributed by atoms with Crippen LogP contribution in [-0.4, -0.2) is 37.7 Å². The zero-order valence-electron chi connectivity index (χ0n) is 16.5. The molecule has 30 heavy (non-hydrogen) atoms. The van der Waals surface area contributed by atoms with Crippen molar-refractivity contribution in [3.8, 4) is 0 Å². The molecule has 0 aliphatic rings. The maximum absolute atomic E-state index is 12.6. The molecule has 0 amide bonds. The zero-order valence-corrected chi connectivity index (χ0v) is 17.3. The van der Waals surface area contributed by atoms with Gasteiger partial charge < -0.3 is 4.74 Å². The lowest BCUT2D eigenvalue weighted by molar-refractivity contribution is -0.384. The summed E-state index contributed by atoms with van der Waals surface area (Å²) in [6, 6.07) is 11.3. The molecule has 0 aromatic heterocycles. The highest BCUT2D eigenvalue weighted by Crippen LogP contribution is 2.17. The molecule has 1 N–H and O–H groups in total. The van der Waals surface area contributed by atoms with Crippen LogP contribution in [0, 0.1) is 16.0 Å². The number of nitro groups is 1. The third kappa shape index (κ3) is 6.46. The Morgan fingerprint density at radius 2 is 1.67 bits per heavy atom. The molecule has 0 aliphatic carbocycles. The number of nitrogens with zero attached hydrogens (tertiary/aromatic N) is 1. The number of ether oxygens (including phenoxy) is 1. The summed E-state index contributed by atoms with van der Waals surface area (Å²) in [4.78, 5) is 34.5. The average molecular weight is 434 g/mol. The van der Waals surface area contributed by atoms with Crippen molar-refractivity contribution in [3.05, 3.63) is 70.3 Å². The summed E-state index contributed by atoms with van der Waals surface area (Å²) in [5.74, 6) is -1.34. The summed E-state index contributed by atoms with van der Waals surface area (Å²) in [5.41, 5.74) is 0.115. The minimum absolute atomic E-state index is 0.0491. The Morgan fingerprint density at radius 1 is 1.07 bits per heavy atom. The predicted octanol–water partition coefficient (Wildman–Crippen LogP) is 2.71. The van der Waals surface area contributed by atoms with E-state index in [2.05, 4.69) is 4.72 Å². The number of ketones is 1. The van der Waals surface area contributed by atoms with Crippen LogP contribution < -0.4 is 4.72 Å². The van der Waals surface area contributed by atoms with Crippen molar-refractivity contribution in [2.75, 3.05) is 6.61 Å². The second-order valence-corrected chi connectivity index (χ2v) is 8.67. The fourth-order valence-corrected chi connectivity index (χ4v) is 3.81. The van der Waals surface area contributed by atoms with Gasteiger partial charge in [0.1, 0.15) is 6.04 Å². The van der Waals surface area contributed by atoms with E-state index in [4.69, 9.17) is 4.74 Å². The van der Waals surface area contributed by atoms with E-state index in [1.54, 1.807) is 44.2 Å². The van der Waals surface area contributed by atoms with Crippen molar-refractivity contribution in [1.82, 2.24) is 4.72 Å². The Balaban J connectivity index is 2.11. The van der Waals surface area contributed by atoms with E-state index < -0.39 is 39.3 Å². The molecule has 0 aliphatic heterocycles. The van der Waals surface area contributed by atoms with Crippen molar-refractivity contribution >= 4 is 27.5 Å². The summed E-state index contributed by atoms with van der Waals surface area (Å²) in [6.07, 6.45) is 0.143. The van der Waals surface area contributed by atoms with Crippen molar-refractivity contribution in [1.29, 1.82) is 0 Å². The van der Waals surface area contributed by atoms with Gasteiger partial charge in [-0.25, -0.2) is 8.42 Å². The molecule has 0 radical (unpaired) electrons. The van der Waals surface area contributed by atoms with Crippen LogP contribution in [0.15, 0.2) is 59.5 Å².